The SMILES string of the molecule is COC(=O)[C@@H]1CCCN1C(=O)COc1ccc(Br)cc1Cl. The Balaban J connectivity index is 1.96. The van der Waals surface area contributed by atoms with Crippen molar-refractivity contribution in [2.24, 2.45) is 0 Å². The first-order chi connectivity index (χ1) is 10.0. The molecule has 0 unspecified atom stereocenters. The smallest absolute Gasteiger partial charge is 0.328 e. The average Bonchev–Trinajstić information content (AvgIpc) is 2.94. The predicted molar refractivity (Wildman–Crippen MR) is 81.4 cm³/mol. The van der Waals surface area contributed by atoms with E-state index < -0.39 is 6.04 Å². The maximum atomic E-state index is 12.2. The molecule has 1 saturated heterocycles. The molecule has 1 aromatic rings. The van der Waals surface area contributed by atoms with Gasteiger partial charge in [-0.15, -0.1) is 0 Å². The molecule has 2 rings (SSSR count). The van der Waals surface area contributed by atoms with Crippen LogP contribution >= 0.6 is 27.5 Å². The number of esters is 1. The monoisotopic (exact) mass is 375 g/mol. The fourth-order valence-corrected chi connectivity index (χ4v) is 2.99. The molecule has 0 aliphatic carbocycles. The Bertz CT molecular complexity index is 552. The molecule has 1 heterocycles. The number of methoxy groups -OCH3 is 1. The molecule has 0 radical (unpaired) electrons. The minimum absolute atomic E-state index is 0.158. The number of rotatable bonds is 4. The van der Waals surface area contributed by atoms with E-state index in [2.05, 4.69) is 15.9 Å². The third-order valence-corrected chi connectivity index (χ3v) is 4.08. The molecule has 1 fully saturated rings. The van der Waals surface area contributed by atoms with Crippen LogP contribution in [0.1, 0.15) is 12.8 Å². The van der Waals surface area contributed by atoms with Gasteiger partial charge in [0.05, 0.1) is 12.1 Å². The van der Waals surface area contributed by atoms with E-state index in [1.807, 2.05) is 0 Å². The van der Waals surface area contributed by atoms with E-state index in [0.717, 1.165) is 10.9 Å². The second-order valence-electron chi connectivity index (χ2n) is 4.63. The van der Waals surface area contributed by atoms with Gasteiger partial charge in [0.15, 0.2) is 6.61 Å². The van der Waals surface area contributed by atoms with Crippen molar-refractivity contribution in [3.8, 4) is 5.75 Å². The lowest BCUT2D eigenvalue weighted by atomic mass is 10.2. The van der Waals surface area contributed by atoms with Gasteiger partial charge in [0.25, 0.3) is 5.91 Å². The van der Waals surface area contributed by atoms with Crippen molar-refractivity contribution in [3.63, 3.8) is 0 Å². The number of nitrogens with zero attached hydrogens (tertiary/aromatic N) is 1. The number of likely N-dealkylation sites (tertiary alicyclic amines) is 1. The molecule has 0 bridgehead atoms. The molecule has 0 saturated carbocycles. The van der Waals surface area contributed by atoms with Crippen LogP contribution in [-0.4, -0.2) is 43.1 Å². The Kier molecular flexibility index (Phi) is 5.47. The Morgan fingerprint density at radius 2 is 2.24 bits per heavy atom. The van der Waals surface area contributed by atoms with Crippen LogP contribution in [0, 0.1) is 0 Å². The lowest BCUT2D eigenvalue weighted by molar-refractivity contribution is -0.151. The number of benzene rings is 1. The van der Waals surface area contributed by atoms with Gasteiger partial charge < -0.3 is 14.4 Å². The molecular weight excluding hydrogens is 362 g/mol. The van der Waals surface area contributed by atoms with Crippen LogP contribution in [0.4, 0.5) is 0 Å². The number of hydrogen-bond acceptors (Lipinski definition) is 4. The molecule has 1 amide bonds. The summed E-state index contributed by atoms with van der Waals surface area (Å²) in [5.41, 5.74) is 0. The van der Waals surface area contributed by atoms with Crippen LogP contribution in [0.2, 0.25) is 5.02 Å². The normalized spacial score (nSPS) is 17.7. The number of amides is 1. The molecule has 1 aliphatic rings. The van der Waals surface area contributed by atoms with Crippen LogP contribution in [0.3, 0.4) is 0 Å². The Labute approximate surface area is 136 Å². The fourth-order valence-electron chi connectivity index (χ4n) is 2.26. The van der Waals surface area contributed by atoms with E-state index in [0.29, 0.717) is 23.7 Å². The highest BCUT2D eigenvalue weighted by molar-refractivity contribution is 9.10. The average molecular weight is 377 g/mol. The molecule has 1 aliphatic heterocycles. The number of carbonyl (C=O) groups excluding carboxylic acids is 2. The summed E-state index contributed by atoms with van der Waals surface area (Å²) in [5, 5.41) is 0.420. The largest absolute Gasteiger partial charge is 0.482 e. The zero-order chi connectivity index (χ0) is 15.4. The van der Waals surface area contributed by atoms with Crippen molar-refractivity contribution in [1.82, 2.24) is 4.90 Å². The first-order valence-electron chi connectivity index (χ1n) is 6.48. The minimum atomic E-state index is -0.508. The van der Waals surface area contributed by atoms with Crippen molar-refractivity contribution in [3.05, 3.63) is 27.7 Å². The molecule has 114 valence electrons. The van der Waals surface area contributed by atoms with E-state index in [1.165, 1.54) is 12.0 Å². The highest BCUT2D eigenvalue weighted by atomic mass is 79.9. The molecule has 0 N–H and O–H groups in total. The first-order valence-corrected chi connectivity index (χ1v) is 7.65. The third-order valence-electron chi connectivity index (χ3n) is 3.29. The number of carbonyl (C=O) groups is 2. The molecule has 21 heavy (non-hydrogen) atoms. The van der Waals surface area contributed by atoms with Gasteiger partial charge in [-0.25, -0.2) is 4.79 Å². The zero-order valence-corrected chi connectivity index (χ0v) is 13.8. The number of hydrogen-bond donors (Lipinski definition) is 0. The van der Waals surface area contributed by atoms with Crippen molar-refractivity contribution in [2.45, 2.75) is 18.9 Å². The third kappa shape index (κ3) is 3.89. The van der Waals surface area contributed by atoms with Crippen LogP contribution in [0.15, 0.2) is 22.7 Å². The summed E-state index contributed by atoms with van der Waals surface area (Å²) in [5.74, 6) is -0.202. The number of halogens is 2. The van der Waals surface area contributed by atoms with Crippen molar-refractivity contribution in [1.29, 1.82) is 0 Å². The summed E-state index contributed by atoms with van der Waals surface area (Å²) in [6, 6.07) is 4.64. The van der Waals surface area contributed by atoms with Gasteiger partial charge in [-0.1, -0.05) is 27.5 Å². The van der Waals surface area contributed by atoms with E-state index >= 15 is 0 Å². The molecular formula is C14H15BrClNO4. The summed E-state index contributed by atoms with van der Waals surface area (Å²) in [6.45, 7) is 0.380. The minimum Gasteiger partial charge on any atom is -0.482 e. The molecule has 0 spiro atoms. The predicted octanol–water partition coefficient (Wildman–Crippen LogP) is 2.65. The van der Waals surface area contributed by atoms with Crippen LogP contribution < -0.4 is 4.74 Å². The maximum absolute atomic E-state index is 12.2. The molecule has 0 aromatic heterocycles. The summed E-state index contributed by atoms with van der Waals surface area (Å²) < 4.78 is 11.0. The zero-order valence-electron chi connectivity index (χ0n) is 11.5. The van der Waals surface area contributed by atoms with E-state index in [-0.39, 0.29) is 18.5 Å². The number of ether oxygens (including phenoxy) is 2. The van der Waals surface area contributed by atoms with Gasteiger partial charge in [-0.05, 0) is 31.0 Å². The molecule has 1 aromatic carbocycles. The highest BCUT2D eigenvalue weighted by Gasteiger charge is 2.34. The summed E-state index contributed by atoms with van der Waals surface area (Å²) in [7, 11) is 1.32. The van der Waals surface area contributed by atoms with Gasteiger partial charge in [0.1, 0.15) is 11.8 Å². The Morgan fingerprint density at radius 1 is 1.48 bits per heavy atom. The van der Waals surface area contributed by atoms with Gasteiger partial charge in [-0.3, -0.25) is 4.79 Å². The lowest BCUT2D eigenvalue weighted by Gasteiger charge is -2.22. The van der Waals surface area contributed by atoms with E-state index in [1.54, 1.807) is 18.2 Å². The van der Waals surface area contributed by atoms with Gasteiger partial charge in [-0.2, -0.15) is 0 Å². The van der Waals surface area contributed by atoms with Crippen LogP contribution in [-0.2, 0) is 14.3 Å². The summed E-state index contributed by atoms with van der Waals surface area (Å²) >= 11 is 9.32. The topological polar surface area (TPSA) is 55.8 Å². The second-order valence-corrected chi connectivity index (χ2v) is 5.95. The van der Waals surface area contributed by atoms with Gasteiger partial charge in [0.2, 0.25) is 0 Å². The lowest BCUT2D eigenvalue weighted by Crippen LogP contribution is -2.43. The second kappa shape index (κ2) is 7.13. The Hall–Kier alpha value is -1.27. The fraction of sp³-hybridized carbons (Fsp3) is 0.429. The van der Waals surface area contributed by atoms with Crippen LogP contribution in [0.5, 0.6) is 5.75 Å². The first kappa shape index (κ1) is 16.1. The molecule has 5 nitrogen and oxygen atoms in total. The van der Waals surface area contributed by atoms with E-state index in [4.69, 9.17) is 21.1 Å². The molecule has 7 heteroatoms. The quantitative estimate of drug-likeness (QED) is 0.758. The summed E-state index contributed by atoms with van der Waals surface area (Å²) in [4.78, 5) is 25.3. The van der Waals surface area contributed by atoms with Crippen molar-refractivity contribution in [2.75, 3.05) is 20.3 Å². The van der Waals surface area contributed by atoms with E-state index in [9.17, 15) is 9.59 Å². The van der Waals surface area contributed by atoms with Crippen molar-refractivity contribution >= 4 is 39.4 Å². The molecule has 1 atom stereocenters. The summed E-state index contributed by atoms with van der Waals surface area (Å²) in [6.07, 6.45) is 1.40. The maximum Gasteiger partial charge on any atom is 0.328 e. The highest BCUT2D eigenvalue weighted by Crippen LogP contribution is 2.28. The van der Waals surface area contributed by atoms with Gasteiger partial charge >= 0.3 is 5.97 Å². The van der Waals surface area contributed by atoms with Crippen LogP contribution in [0.25, 0.3) is 0 Å². The Morgan fingerprint density at radius 3 is 2.90 bits per heavy atom. The van der Waals surface area contributed by atoms with Gasteiger partial charge in [0, 0.05) is 11.0 Å². The standard InChI is InChI=1S/C14H15BrClNO4/c1-20-14(19)11-3-2-6-17(11)13(18)8-21-12-5-4-9(15)7-10(12)16/h4-5,7,11H,2-3,6,8H2,1H3/t11-/m0/s1. The van der Waals surface area contributed by atoms with Crippen molar-refractivity contribution < 1.29 is 19.1 Å².